The summed E-state index contributed by atoms with van der Waals surface area (Å²) in [6.07, 6.45) is 7.18. The molecular weight excluding hydrogens is 380 g/mol. The summed E-state index contributed by atoms with van der Waals surface area (Å²) in [7, 11) is 1.59. The monoisotopic (exact) mass is 408 g/mol. The molecule has 1 aliphatic rings. The molecule has 0 aliphatic heterocycles. The summed E-state index contributed by atoms with van der Waals surface area (Å²) in [6.45, 7) is 2.75. The van der Waals surface area contributed by atoms with Gasteiger partial charge in [0.05, 0.1) is 25.0 Å². The number of anilines is 1. The van der Waals surface area contributed by atoms with E-state index in [1.165, 1.54) is 6.08 Å². The van der Waals surface area contributed by atoms with Gasteiger partial charge in [0.15, 0.2) is 11.5 Å². The van der Waals surface area contributed by atoms with Crippen LogP contribution >= 0.6 is 0 Å². The minimum Gasteiger partial charge on any atom is -0.493 e. The van der Waals surface area contributed by atoms with Gasteiger partial charge in [0.1, 0.15) is 0 Å². The van der Waals surface area contributed by atoms with E-state index in [2.05, 4.69) is 17.6 Å². The molecule has 3 rings (SSSR count). The second-order valence-electron chi connectivity index (χ2n) is 7.23. The van der Waals surface area contributed by atoms with Gasteiger partial charge in [0.2, 0.25) is 5.91 Å². The summed E-state index contributed by atoms with van der Waals surface area (Å²) < 4.78 is 11.1. The molecule has 0 radical (unpaired) electrons. The lowest BCUT2D eigenvalue weighted by atomic mass is 10.1. The minimum absolute atomic E-state index is 0.166. The summed E-state index contributed by atoms with van der Waals surface area (Å²) >= 11 is 0. The molecule has 2 aromatic carbocycles. The van der Waals surface area contributed by atoms with Crippen molar-refractivity contribution in [3.63, 3.8) is 0 Å². The average Bonchev–Trinajstić information content (AvgIpc) is 3.57. The maximum Gasteiger partial charge on any atom is 0.253 e. The average molecular weight is 408 g/mol. The Balaban J connectivity index is 1.64. The fraction of sp³-hybridized carbons (Fsp3) is 0.333. The van der Waals surface area contributed by atoms with E-state index >= 15 is 0 Å². The molecule has 30 heavy (non-hydrogen) atoms. The van der Waals surface area contributed by atoms with Crippen LogP contribution in [0.2, 0.25) is 0 Å². The fourth-order valence-corrected chi connectivity index (χ4v) is 2.86. The van der Waals surface area contributed by atoms with Gasteiger partial charge in [-0.1, -0.05) is 31.5 Å². The number of methoxy groups -OCH3 is 1. The van der Waals surface area contributed by atoms with Crippen LogP contribution in [0.25, 0.3) is 6.08 Å². The molecule has 0 spiro atoms. The van der Waals surface area contributed by atoms with Crippen molar-refractivity contribution in [2.24, 2.45) is 0 Å². The lowest BCUT2D eigenvalue weighted by Gasteiger charge is -2.11. The van der Waals surface area contributed by atoms with Crippen molar-refractivity contribution >= 4 is 23.6 Å². The first kappa shape index (κ1) is 21.4. The van der Waals surface area contributed by atoms with Crippen LogP contribution < -0.4 is 20.1 Å². The molecule has 2 amide bonds. The molecule has 0 atom stereocenters. The predicted octanol–water partition coefficient (Wildman–Crippen LogP) is 4.42. The van der Waals surface area contributed by atoms with Crippen LogP contribution in [0.5, 0.6) is 11.5 Å². The molecule has 6 nitrogen and oxygen atoms in total. The van der Waals surface area contributed by atoms with Gasteiger partial charge in [-0.05, 0) is 55.2 Å². The van der Waals surface area contributed by atoms with Crippen LogP contribution in [0.3, 0.4) is 0 Å². The van der Waals surface area contributed by atoms with Crippen molar-refractivity contribution in [2.45, 2.75) is 38.6 Å². The molecule has 2 aromatic rings. The van der Waals surface area contributed by atoms with Gasteiger partial charge in [-0.2, -0.15) is 0 Å². The standard InChI is InChI=1S/C24H28N2O4/c1-3-4-15-30-21-13-9-17(16-22(21)29-2)10-14-23(27)26-20-8-6-5-7-19(20)24(28)25-18-11-12-18/h5-10,13-14,16,18H,3-4,11-12,15H2,1-2H3,(H,25,28)(H,26,27)/b14-10+. The number of nitrogens with one attached hydrogen (secondary N) is 2. The molecule has 0 aromatic heterocycles. The normalized spacial score (nSPS) is 13.1. The Morgan fingerprint density at radius 1 is 1.13 bits per heavy atom. The van der Waals surface area contributed by atoms with E-state index in [4.69, 9.17) is 9.47 Å². The van der Waals surface area contributed by atoms with Gasteiger partial charge in [-0.15, -0.1) is 0 Å². The van der Waals surface area contributed by atoms with Crippen molar-refractivity contribution in [3.05, 3.63) is 59.7 Å². The first-order valence-electron chi connectivity index (χ1n) is 10.3. The van der Waals surface area contributed by atoms with Gasteiger partial charge < -0.3 is 20.1 Å². The summed E-state index contributed by atoms with van der Waals surface area (Å²) in [5.74, 6) is 0.823. The highest BCUT2D eigenvalue weighted by Crippen LogP contribution is 2.29. The van der Waals surface area contributed by atoms with Crippen LogP contribution in [-0.2, 0) is 4.79 Å². The number of carbonyl (C=O) groups is 2. The van der Waals surface area contributed by atoms with Crippen LogP contribution in [-0.4, -0.2) is 31.6 Å². The summed E-state index contributed by atoms with van der Waals surface area (Å²) in [6, 6.07) is 12.8. The van der Waals surface area contributed by atoms with Crippen LogP contribution in [0.15, 0.2) is 48.5 Å². The van der Waals surface area contributed by atoms with Crippen LogP contribution in [0, 0.1) is 0 Å². The second-order valence-corrected chi connectivity index (χ2v) is 7.23. The summed E-state index contributed by atoms with van der Waals surface area (Å²) in [5, 5.41) is 5.73. The van der Waals surface area contributed by atoms with E-state index in [1.807, 2.05) is 18.2 Å². The maximum atomic E-state index is 12.4. The van der Waals surface area contributed by atoms with Crippen LogP contribution in [0.4, 0.5) is 5.69 Å². The predicted molar refractivity (Wildman–Crippen MR) is 118 cm³/mol. The zero-order chi connectivity index (χ0) is 21.3. The zero-order valence-corrected chi connectivity index (χ0v) is 17.4. The Morgan fingerprint density at radius 3 is 2.67 bits per heavy atom. The van der Waals surface area contributed by atoms with E-state index in [-0.39, 0.29) is 17.9 Å². The topological polar surface area (TPSA) is 76.7 Å². The highest BCUT2D eigenvalue weighted by Gasteiger charge is 2.24. The second kappa shape index (κ2) is 10.5. The number of rotatable bonds is 10. The number of benzene rings is 2. The molecule has 0 unspecified atom stereocenters. The molecular formula is C24H28N2O4. The zero-order valence-electron chi connectivity index (χ0n) is 17.4. The van der Waals surface area contributed by atoms with Gasteiger partial charge in [-0.25, -0.2) is 0 Å². The van der Waals surface area contributed by atoms with Crippen molar-refractivity contribution in [2.75, 3.05) is 19.0 Å². The Morgan fingerprint density at radius 2 is 1.93 bits per heavy atom. The molecule has 1 saturated carbocycles. The molecule has 0 bridgehead atoms. The summed E-state index contributed by atoms with van der Waals surface area (Å²) in [5.41, 5.74) is 1.76. The van der Waals surface area contributed by atoms with Crippen molar-refractivity contribution in [3.8, 4) is 11.5 Å². The highest BCUT2D eigenvalue weighted by molar-refractivity contribution is 6.07. The third kappa shape index (κ3) is 6.11. The number of ether oxygens (including phenoxy) is 2. The number of para-hydroxylation sites is 1. The Bertz CT molecular complexity index is 919. The van der Waals surface area contributed by atoms with Crippen LogP contribution in [0.1, 0.15) is 48.5 Å². The number of unbranched alkanes of at least 4 members (excludes halogenated alkanes) is 1. The summed E-state index contributed by atoms with van der Waals surface area (Å²) in [4.78, 5) is 24.8. The Hall–Kier alpha value is -3.28. The lowest BCUT2D eigenvalue weighted by molar-refractivity contribution is -0.111. The quantitative estimate of drug-likeness (QED) is 0.451. The SMILES string of the molecule is CCCCOc1ccc(/C=C/C(=O)Nc2ccccc2C(=O)NC2CC2)cc1OC. The first-order valence-corrected chi connectivity index (χ1v) is 10.3. The van der Waals surface area contributed by atoms with Gasteiger partial charge >= 0.3 is 0 Å². The molecule has 1 aliphatic carbocycles. The van der Waals surface area contributed by atoms with E-state index < -0.39 is 0 Å². The van der Waals surface area contributed by atoms with Gasteiger partial charge in [-0.3, -0.25) is 9.59 Å². The van der Waals surface area contributed by atoms with Gasteiger partial charge in [0, 0.05) is 12.1 Å². The van der Waals surface area contributed by atoms with Crippen molar-refractivity contribution in [1.82, 2.24) is 5.32 Å². The Labute approximate surface area is 177 Å². The molecule has 2 N–H and O–H groups in total. The number of hydrogen-bond acceptors (Lipinski definition) is 4. The minimum atomic E-state index is -0.316. The largest absolute Gasteiger partial charge is 0.493 e. The lowest BCUT2D eigenvalue weighted by Crippen LogP contribution is -2.26. The number of amides is 2. The molecule has 1 fully saturated rings. The number of hydrogen-bond donors (Lipinski definition) is 2. The fourth-order valence-electron chi connectivity index (χ4n) is 2.86. The third-order valence-corrected chi connectivity index (χ3v) is 4.71. The van der Waals surface area contributed by atoms with Crippen molar-refractivity contribution < 1.29 is 19.1 Å². The molecule has 6 heteroatoms. The Kier molecular flexibility index (Phi) is 7.49. The maximum absolute atomic E-state index is 12.4. The van der Waals surface area contributed by atoms with E-state index in [1.54, 1.807) is 37.5 Å². The molecule has 0 saturated heterocycles. The van der Waals surface area contributed by atoms with Crippen molar-refractivity contribution in [1.29, 1.82) is 0 Å². The highest BCUT2D eigenvalue weighted by atomic mass is 16.5. The molecule has 0 heterocycles. The number of carbonyl (C=O) groups excluding carboxylic acids is 2. The van der Waals surface area contributed by atoms with E-state index in [9.17, 15) is 9.59 Å². The third-order valence-electron chi connectivity index (χ3n) is 4.71. The molecule has 158 valence electrons. The van der Waals surface area contributed by atoms with Gasteiger partial charge in [0.25, 0.3) is 5.91 Å². The first-order chi connectivity index (χ1) is 14.6. The smallest absolute Gasteiger partial charge is 0.253 e. The van der Waals surface area contributed by atoms with E-state index in [0.717, 1.165) is 31.2 Å². The van der Waals surface area contributed by atoms with E-state index in [0.29, 0.717) is 29.4 Å².